The molecule has 9 heteroatoms. The molecule has 0 aliphatic carbocycles. The molecule has 0 heterocycles. The molecule has 26 heavy (non-hydrogen) atoms. The van der Waals surface area contributed by atoms with Gasteiger partial charge in [-0.25, -0.2) is 12.8 Å². The fraction of sp³-hybridized carbons (Fsp3) is 0.235. The van der Waals surface area contributed by atoms with Crippen LogP contribution in [0.3, 0.4) is 0 Å². The molecule has 2 aromatic rings. The molecule has 0 aliphatic heterocycles. The van der Waals surface area contributed by atoms with Gasteiger partial charge >= 0.3 is 0 Å². The van der Waals surface area contributed by atoms with Gasteiger partial charge in [-0.3, -0.25) is 9.10 Å². The first-order valence-corrected chi connectivity index (χ1v) is 10.2. The number of sulfonamides is 1. The van der Waals surface area contributed by atoms with E-state index in [9.17, 15) is 17.6 Å². The minimum Gasteiger partial charge on any atom is -0.348 e. The van der Waals surface area contributed by atoms with Crippen LogP contribution in [-0.4, -0.2) is 27.1 Å². The Morgan fingerprint density at radius 3 is 2.38 bits per heavy atom. The Bertz CT molecular complexity index is 905. The Balaban J connectivity index is 2.19. The number of carbonyl (C=O) groups is 1. The van der Waals surface area contributed by atoms with Crippen LogP contribution >= 0.6 is 23.2 Å². The Morgan fingerprint density at radius 2 is 1.81 bits per heavy atom. The molecular weight excluding hydrogens is 402 g/mol. The van der Waals surface area contributed by atoms with E-state index in [1.165, 1.54) is 30.3 Å². The van der Waals surface area contributed by atoms with Crippen LogP contribution in [0.4, 0.5) is 10.1 Å². The molecule has 2 aromatic carbocycles. The summed E-state index contributed by atoms with van der Waals surface area (Å²) in [6, 6.07) is 9.58. The van der Waals surface area contributed by atoms with Crippen molar-refractivity contribution in [3.8, 4) is 0 Å². The molecule has 0 spiro atoms. The van der Waals surface area contributed by atoms with Gasteiger partial charge in [0.1, 0.15) is 12.4 Å². The lowest BCUT2D eigenvalue weighted by Gasteiger charge is -2.24. The van der Waals surface area contributed by atoms with Crippen molar-refractivity contribution in [3.05, 3.63) is 63.9 Å². The number of anilines is 1. The maximum atomic E-state index is 13.0. The van der Waals surface area contributed by atoms with Gasteiger partial charge in [0.05, 0.1) is 23.0 Å². The lowest BCUT2D eigenvalue weighted by atomic mass is 10.1. The fourth-order valence-electron chi connectivity index (χ4n) is 2.31. The molecule has 0 unspecified atom stereocenters. The number of halogens is 3. The van der Waals surface area contributed by atoms with Crippen LogP contribution in [0.1, 0.15) is 18.5 Å². The van der Waals surface area contributed by atoms with E-state index in [-0.39, 0.29) is 21.5 Å². The number of benzene rings is 2. The highest BCUT2D eigenvalue weighted by molar-refractivity contribution is 7.92. The second kappa shape index (κ2) is 8.24. The van der Waals surface area contributed by atoms with Gasteiger partial charge in [-0.2, -0.15) is 0 Å². The van der Waals surface area contributed by atoms with Crippen molar-refractivity contribution in [3.63, 3.8) is 0 Å². The van der Waals surface area contributed by atoms with E-state index >= 15 is 0 Å². The quantitative estimate of drug-likeness (QED) is 0.775. The fourth-order valence-corrected chi connectivity index (χ4v) is 3.61. The zero-order chi connectivity index (χ0) is 19.5. The lowest BCUT2D eigenvalue weighted by molar-refractivity contribution is -0.120. The Kier molecular flexibility index (Phi) is 6.49. The average Bonchev–Trinajstić information content (AvgIpc) is 2.54. The number of nitrogens with zero attached hydrogens (tertiary/aromatic N) is 1. The normalized spacial score (nSPS) is 12.5. The number of rotatable bonds is 6. The molecule has 1 amide bonds. The molecule has 140 valence electrons. The Labute approximate surface area is 161 Å². The monoisotopic (exact) mass is 418 g/mol. The molecule has 0 radical (unpaired) electrons. The first-order chi connectivity index (χ1) is 12.1. The minimum absolute atomic E-state index is 0.117. The number of nitrogens with one attached hydrogen (secondary N) is 1. The third kappa shape index (κ3) is 5.33. The predicted octanol–water partition coefficient (Wildman–Crippen LogP) is 3.78. The van der Waals surface area contributed by atoms with Crippen LogP contribution < -0.4 is 9.62 Å². The smallest absolute Gasteiger partial charge is 0.241 e. The molecule has 0 saturated carbocycles. The van der Waals surface area contributed by atoms with Crippen molar-refractivity contribution in [2.45, 2.75) is 13.0 Å². The summed E-state index contributed by atoms with van der Waals surface area (Å²) in [6.45, 7) is 1.24. The zero-order valence-corrected chi connectivity index (χ0v) is 16.4. The molecule has 0 fully saturated rings. The average molecular weight is 419 g/mol. The highest BCUT2D eigenvalue weighted by Gasteiger charge is 2.24. The highest BCUT2D eigenvalue weighted by atomic mass is 35.5. The van der Waals surface area contributed by atoms with E-state index in [0.29, 0.717) is 5.56 Å². The van der Waals surface area contributed by atoms with Crippen LogP contribution in [0.15, 0.2) is 42.5 Å². The zero-order valence-electron chi connectivity index (χ0n) is 14.0. The summed E-state index contributed by atoms with van der Waals surface area (Å²) in [6.07, 6.45) is 0.973. The lowest BCUT2D eigenvalue weighted by Crippen LogP contribution is -2.41. The summed E-state index contributed by atoms with van der Waals surface area (Å²) in [5.74, 6) is -0.922. The van der Waals surface area contributed by atoms with Crippen LogP contribution in [-0.2, 0) is 14.8 Å². The number of hydrogen-bond donors (Lipinski definition) is 1. The van der Waals surface area contributed by atoms with E-state index in [1.54, 1.807) is 19.1 Å². The van der Waals surface area contributed by atoms with Crippen LogP contribution in [0.2, 0.25) is 10.0 Å². The maximum absolute atomic E-state index is 13.0. The van der Waals surface area contributed by atoms with Crippen LogP contribution in [0.5, 0.6) is 0 Å². The second-order valence-corrected chi connectivity index (χ2v) is 8.46. The van der Waals surface area contributed by atoms with Crippen LogP contribution in [0.25, 0.3) is 0 Å². The number of carbonyl (C=O) groups excluding carboxylic acids is 1. The molecule has 1 atom stereocenters. The van der Waals surface area contributed by atoms with Crippen molar-refractivity contribution in [2.75, 3.05) is 17.1 Å². The standard InChI is InChI=1S/C17H17Cl2FN2O3S/c1-11(12-3-6-14(20)7-4-12)21-17(23)10-22(26(2,24)25)16-9-13(18)5-8-15(16)19/h3-9,11H,10H2,1-2H3,(H,21,23)/t11-/m1/s1. The second-order valence-electron chi connectivity index (χ2n) is 5.71. The van der Waals surface area contributed by atoms with Crippen LogP contribution in [0, 0.1) is 5.82 Å². The Hall–Kier alpha value is -1.83. The summed E-state index contributed by atoms with van der Waals surface area (Å²) < 4.78 is 38.1. The first-order valence-electron chi connectivity index (χ1n) is 7.55. The van der Waals surface area contributed by atoms with Crippen molar-refractivity contribution < 1.29 is 17.6 Å². The van der Waals surface area contributed by atoms with Gasteiger partial charge in [-0.1, -0.05) is 35.3 Å². The first kappa shape index (κ1) is 20.5. The van der Waals surface area contributed by atoms with E-state index in [2.05, 4.69) is 5.32 Å². The van der Waals surface area contributed by atoms with E-state index < -0.39 is 28.5 Å². The molecule has 1 N–H and O–H groups in total. The SMILES string of the molecule is C[C@@H](NC(=O)CN(c1cc(Cl)ccc1Cl)S(C)(=O)=O)c1ccc(F)cc1. The molecule has 2 rings (SSSR count). The van der Waals surface area contributed by atoms with Crippen molar-refractivity contribution >= 4 is 44.8 Å². The summed E-state index contributed by atoms with van der Waals surface area (Å²) in [7, 11) is -3.78. The van der Waals surface area contributed by atoms with Gasteiger partial charge in [-0.15, -0.1) is 0 Å². The van der Waals surface area contributed by atoms with Gasteiger partial charge < -0.3 is 5.32 Å². The topological polar surface area (TPSA) is 66.5 Å². The minimum atomic E-state index is -3.78. The van der Waals surface area contributed by atoms with Gasteiger partial charge in [0.15, 0.2) is 0 Å². The molecule has 5 nitrogen and oxygen atoms in total. The largest absolute Gasteiger partial charge is 0.348 e. The maximum Gasteiger partial charge on any atom is 0.241 e. The third-order valence-corrected chi connectivity index (χ3v) is 5.29. The summed E-state index contributed by atoms with van der Waals surface area (Å²) in [4.78, 5) is 12.4. The van der Waals surface area contributed by atoms with E-state index in [0.717, 1.165) is 10.6 Å². The summed E-state index contributed by atoms with van der Waals surface area (Å²) in [5.41, 5.74) is 0.803. The van der Waals surface area contributed by atoms with Gasteiger partial charge in [0, 0.05) is 5.02 Å². The Morgan fingerprint density at radius 1 is 1.19 bits per heavy atom. The van der Waals surface area contributed by atoms with Gasteiger partial charge in [0.25, 0.3) is 0 Å². The van der Waals surface area contributed by atoms with Gasteiger partial charge in [-0.05, 0) is 42.8 Å². The summed E-state index contributed by atoms with van der Waals surface area (Å²) in [5, 5.41) is 3.12. The van der Waals surface area contributed by atoms with E-state index in [4.69, 9.17) is 23.2 Å². The van der Waals surface area contributed by atoms with Crippen molar-refractivity contribution in [2.24, 2.45) is 0 Å². The highest BCUT2D eigenvalue weighted by Crippen LogP contribution is 2.30. The predicted molar refractivity (Wildman–Crippen MR) is 102 cm³/mol. The third-order valence-electron chi connectivity index (χ3n) is 3.61. The molecule has 0 aromatic heterocycles. The van der Waals surface area contributed by atoms with Crippen molar-refractivity contribution in [1.82, 2.24) is 5.32 Å². The number of hydrogen-bond acceptors (Lipinski definition) is 3. The van der Waals surface area contributed by atoms with Crippen molar-refractivity contribution in [1.29, 1.82) is 0 Å². The molecule has 0 aliphatic rings. The molecule has 0 bridgehead atoms. The summed E-state index contributed by atoms with van der Waals surface area (Å²) >= 11 is 12.0. The molecular formula is C17H17Cl2FN2O3S. The van der Waals surface area contributed by atoms with E-state index in [1.807, 2.05) is 0 Å². The number of amides is 1. The molecule has 0 saturated heterocycles. The van der Waals surface area contributed by atoms with Gasteiger partial charge in [0.2, 0.25) is 15.9 Å².